The van der Waals surface area contributed by atoms with Crippen molar-refractivity contribution in [1.82, 2.24) is 18.7 Å². The number of anilines is 1. The van der Waals surface area contributed by atoms with Gasteiger partial charge in [-0.1, -0.05) is 6.92 Å². The molecule has 0 fully saturated rings. The SMILES string of the molecule is CCCn1c(NN=Cc2ccc(OC)cc2)nc2c1c(=O)n(C)c(=O)n2C. The first-order chi connectivity index (χ1) is 13.0. The zero-order valence-electron chi connectivity index (χ0n) is 15.8. The quantitative estimate of drug-likeness (QED) is 0.521. The van der Waals surface area contributed by atoms with E-state index >= 15 is 0 Å². The van der Waals surface area contributed by atoms with Crippen molar-refractivity contribution in [2.45, 2.75) is 19.9 Å². The summed E-state index contributed by atoms with van der Waals surface area (Å²) in [4.78, 5) is 29.1. The summed E-state index contributed by atoms with van der Waals surface area (Å²) in [6.45, 7) is 2.58. The molecule has 0 aliphatic heterocycles. The van der Waals surface area contributed by atoms with Gasteiger partial charge < -0.3 is 9.30 Å². The molecule has 0 saturated carbocycles. The third-order valence-corrected chi connectivity index (χ3v) is 4.29. The number of methoxy groups -OCH3 is 1. The van der Waals surface area contributed by atoms with Crippen molar-refractivity contribution in [3.8, 4) is 5.75 Å². The second-order valence-electron chi connectivity index (χ2n) is 6.11. The van der Waals surface area contributed by atoms with E-state index in [-0.39, 0.29) is 5.56 Å². The molecular weight excluding hydrogens is 348 g/mol. The number of benzene rings is 1. The number of hydrazone groups is 1. The molecule has 0 aliphatic carbocycles. The van der Waals surface area contributed by atoms with Crippen LogP contribution >= 0.6 is 0 Å². The number of nitrogens with zero attached hydrogens (tertiary/aromatic N) is 5. The first-order valence-electron chi connectivity index (χ1n) is 8.57. The maximum Gasteiger partial charge on any atom is 0.332 e. The van der Waals surface area contributed by atoms with E-state index in [9.17, 15) is 9.59 Å². The smallest absolute Gasteiger partial charge is 0.332 e. The number of ether oxygens (including phenoxy) is 1. The molecule has 142 valence electrons. The maximum atomic E-state index is 12.6. The van der Waals surface area contributed by atoms with Crippen molar-refractivity contribution in [3.63, 3.8) is 0 Å². The molecule has 0 unspecified atom stereocenters. The standard InChI is InChI=1S/C18H22N6O3/c1-5-10-24-14-15(22(2)18(26)23(3)16(14)25)20-17(24)21-19-11-12-6-8-13(27-4)9-7-12/h6-9,11H,5,10H2,1-4H3,(H,20,21). The molecule has 3 rings (SSSR count). The van der Waals surface area contributed by atoms with Gasteiger partial charge in [0.1, 0.15) is 5.75 Å². The Hall–Kier alpha value is -3.36. The molecule has 9 heteroatoms. The summed E-state index contributed by atoms with van der Waals surface area (Å²) in [5.74, 6) is 1.18. The molecule has 0 amide bonds. The van der Waals surface area contributed by atoms with Crippen LogP contribution in [0.4, 0.5) is 5.95 Å². The predicted molar refractivity (Wildman–Crippen MR) is 105 cm³/mol. The van der Waals surface area contributed by atoms with E-state index in [1.807, 2.05) is 31.2 Å². The minimum atomic E-state index is -0.415. The van der Waals surface area contributed by atoms with Gasteiger partial charge >= 0.3 is 5.69 Å². The zero-order valence-corrected chi connectivity index (χ0v) is 15.8. The topological polar surface area (TPSA) is 95.4 Å². The third kappa shape index (κ3) is 3.35. The number of imidazole rings is 1. The first-order valence-corrected chi connectivity index (χ1v) is 8.57. The fourth-order valence-corrected chi connectivity index (χ4v) is 2.83. The number of hydrogen-bond donors (Lipinski definition) is 1. The molecule has 27 heavy (non-hydrogen) atoms. The van der Waals surface area contributed by atoms with Gasteiger partial charge in [-0.15, -0.1) is 0 Å². The molecule has 3 aromatic rings. The summed E-state index contributed by atoms with van der Waals surface area (Å²) >= 11 is 0. The molecular formula is C18H22N6O3. The lowest BCUT2D eigenvalue weighted by Crippen LogP contribution is -2.37. The zero-order chi connectivity index (χ0) is 19.6. The fraction of sp³-hybridized carbons (Fsp3) is 0.333. The Labute approximate surface area is 155 Å². The molecule has 0 aliphatic rings. The van der Waals surface area contributed by atoms with Crippen molar-refractivity contribution in [2.24, 2.45) is 19.2 Å². The van der Waals surface area contributed by atoms with Gasteiger partial charge in [0.05, 0.1) is 13.3 Å². The molecule has 1 N–H and O–H groups in total. The van der Waals surface area contributed by atoms with Crippen LogP contribution in [-0.2, 0) is 20.6 Å². The number of nitrogens with one attached hydrogen (secondary N) is 1. The molecule has 0 spiro atoms. The van der Waals surface area contributed by atoms with Gasteiger partial charge in [-0.05, 0) is 36.2 Å². The van der Waals surface area contributed by atoms with Crippen LogP contribution < -0.4 is 21.4 Å². The van der Waals surface area contributed by atoms with E-state index in [4.69, 9.17) is 4.74 Å². The van der Waals surface area contributed by atoms with Crippen molar-refractivity contribution < 1.29 is 4.74 Å². The average Bonchev–Trinajstić information content (AvgIpc) is 3.04. The summed E-state index contributed by atoms with van der Waals surface area (Å²) in [6.07, 6.45) is 2.44. The summed E-state index contributed by atoms with van der Waals surface area (Å²) in [7, 11) is 4.67. The second-order valence-corrected chi connectivity index (χ2v) is 6.11. The molecule has 2 aromatic heterocycles. The van der Waals surface area contributed by atoms with Crippen LogP contribution in [-0.4, -0.2) is 32.0 Å². The van der Waals surface area contributed by atoms with Crippen LogP contribution in [0.5, 0.6) is 5.75 Å². The Morgan fingerprint density at radius 3 is 2.52 bits per heavy atom. The molecule has 0 atom stereocenters. The van der Waals surface area contributed by atoms with Gasteiger partial charge in [-0.25, -0.2) is 10.2 Å². The summed E-state index contributed by atoms with van der Waals surface area (Å²) < 4.78 is 9.33. The molecule has 9 nitrogen and oxygen atoms in total. The maximum absolute atomic E-state index is 12.6. The van der Waals surface area contributed by atoms with Gasteiger partial charge in [0.25, 0.3) is 5.56 Å². The normalized spacial score (nSPS) is 11.4. The molecule has 0 radical (unpaired) electrons. The average molecular weight is 370 g/mol. The minimum absolute atomic E-state index is 0.332. The number of hydrogen-bond acceptors (Lipinski definition) is 6. The van der Waals surface area contributed by atoms with Gasteiger partial charge in [0.15, 0.2) is 11.2 Å². The third-order valence-electron chi connectivity index (χ3n) is 4.29. The van der Waals surface area contributed by atoms with Crippen molar-refractivity contribution in [1.29, 1.82) is 0 Å². The van der Waals surface area contributed by atoms with E-state index in [0.29, 0.717) is 23.7 Å². The van der Waals surface area contributed by atoms with Crippen LogP contribution in [0.3, 0.4) is 0 Å². The number of aryl methyl sites for hydroxylation is 2. The lowest BCUT2D eigenvalue weighted by molar-refractivity contribution is 0.415. The van der Waals surface area contributed by atoms with Crippen LogP contribution in [0.25, 0.3) is 11.2 Å². The van der Waals surface area contributed by atoms with Crippen LogP contribution in [0.15, 0.2) is 39.0 Å². The molecule has 1 aromatic carbocycles. The highest BCUT2D eigenvalue weighted by Crippen LogP contribution is 2.16. The summed E-state index contributed by atoms with van der Waals surface area (Å²) in [6, 6.07) is 7.43. The highest BCUT2D eigenvalue weighted by molar-refractivity contribution is 5.80. The first kappa shape index (κ1) is 18.4. The number of rotatable bonds is 6. The van der Waals surface area contributed by atoms with Crippen molar-refractivity contribution in [2.75, 3.05) is 12.5 Å². The largest absolute Gasteiger partial charge is 0.497 e. The highest BCUT2D eigenvalue weighted by Gasteiger charge is 2.18. The summed E-state index contributed by atoms with van der Waals surface area (Å²) in [5.41, 5.74) is 3.69. The lowest BCUT2D eigenvalue weighted by atomic mass is 10.2. The summed E-state index contributed by atoms with van der Waals surface area (Å²) in [5, 5.41) is 4.21. The van der Waals surface area contributed by atoms with E-state index in [1.54, 1.807) is 24.9 Å². The van der Waals surface area contributed by atoms with Crippen molar-refractivity contribution >= 4 is 23.3 Å². The van der Waals surface area contributed by atoms with E-state index in [0.717, 1.165) is 22.3 Å². The number of aromatic nitrogens is 4. The minimum Gasteiger partial charge on any atom is -0.497 e. The van der Waals surface area contributed by atoms with E-state index in [2.05, 4.69) is 15.5 Å². The second kappa shape index (κ2) is 7.48. The Kier molecular flexibility index (Phi) is 5.11. The fourth-order valence-electron chi connectivity index (χ4n) is 2.83. The van der Waals surface area contributed by atoms with E-state index < -0.39 is 5.69 Å². The molecule has 0 saturated heterocycles. The van der Waals surface area contributed by atoms with E-state index in [1.165, 1.54) is 11.6 Å². The van der Waals surface area contributed by atoms with Crippen LogP contribution in [0, 0.1) is 0 Å². The number of fused-ring (bicyclic) bond motifs is 1. The Balaban J connectivity index is 2.00. The van der Waals surface area contributed by atoms with Crippen molar-refractivity contribution in [3.05, 3.63) is 50.7 Å². The molecule has 2 heterocycles. The Bertz CT molecular complexity index is 1110. The Morgan fingerprint density at radius 2 is 1.89 bits per heavy atom. The predicted octanol–water partition coefficient (Wildman–Crippen LogP) is 1.30. The lowest BCUT2D eigenvalue weighted by Gasteiger charge is -2.07. The van der Waals surface area contributed by atoms with Gasteiger partial charge in [0.2, 0.25) is 5.95 Å². The van der Waals surface area contributed by atoms with Gasteiger partial charge in [-0.2, -0.15) is 10.1 Å². The highest BCUT2D eigenvalue weighted by atomic mass is 16.5. The van der Waals surface area contributed by atoms with Crippen LogP contribution in [0.2, 0.25) is 0 Å². The monoisotopic (exact) mass is 370 g/mol. The van der Waals surface area contributed by atoms with Gasteiger partial charge in [-0.3, -0.25) is 13.9 Å². The molecule has 0 bridgehead atoms. The van der Waals surface area contributed by atoms with Gasteiger partial charge in [0, 0.05) is 20.6 Å². The van der Waals surface area contributed by atoms with Crippen LogP contribution in [0.1, 0.15) is 18.9 Å². The Morgan fingerprint density at radius 1 is 1.19 bits per heavy atom.